The van der Waals surface area contributed by atoms with Crippen LogP contribution in [0.25, 0.3) is 0 Å². The highest BCUT2D eigenvalue weighted by Gasteiger charge is 2.24. The van der Waals surface area contributed by atoms with Gasteiger partial charge in [0, 0.05) is 38.9 Å². The first kappa shape index (κ1) is 23.8. The van der Waals surface area contributed by atoms with Crippen molar-refractivity contribution in [2.75, 3.05) is 32.8 Å². The van der Waals surface area contributed by atoms with E-state index in [1.807, 2.05) is 13.8 Å². The van der Waals surface area contributed by atoms with Crippen molar-refractivity contribution in [3.63, 3.8) is 0 Å². The highest BCUT2D eigenvalue weighted by atomic mass is 35.5. The van der Waals surface area contributed by atoms with Crippen molar-refractivity contribution in [2.45, 2.75) is 27.3 Å². The van der Waals surface area contributed by atoms with Gasteiger partial charge in [0.15, 0.2) is 5.69 Å². The van der Waals surface area contributed by atoms with Gasteiger partial charge in [-0.3, -0.25) is 9.69 Å². The van der Waals surface area contributed by atoms with Gasteiger partial charge in [-0.1, -0.05) is 37.6 Å². The molecule has 2 aromatic rings. The van der Waals surface area contributed by atoms with Crippen LogP contribution >= 0.6 is 11.6 Å². The molecule has 0 aliphatic carbocycles. The van der Waals surface area contributed by atoms with E-state index in [1.165, 1.54) is 24.4 Å². The van der Waals surface area contributed by atoms with E-state index in [4.69, 9.17) is 16.3 Å². The fourth-order valence-electron chi connectivity index (χ4n) is 3.04. The predicted molar refractivity (Wildman–Crippen MR) is 114 cm³/mol. The maximum atomic E-state index is 13.0. The summed E-state index contributed by atoms with van der Waals surface area (Å²) in [6, 6.07) is 7.89. The van der Waals surface area contributed by atoms with Crippen LogP contribution in [0.1, 0.15) is 47.2 Å². The Labute approximate surface area is 181 Å². The van der Waals surface area contributed by atoms with Crippen LogP contribution in [0.4, 0.5) is 4.39 Å². The van der Waals surface area contributed by atoms with Crippen molar-refractivity contribution in [1.82, 2.24) is 14.8 Å². The van der Waals surface area contributed by atoms with Crippen LogP contribution in [-0.4, -0.2) is 59.4 Å². The van der Waals surface area contributed by atoms with Crippen LogP contribution in [0.5, 0.6) is 0 Å². The Balaban J connectivity index is 0.00000155. The van der Waals surface area contributed by atoms with Gasteiger partial charge in [-0.25, -0.2) is 14.2 Å². The quantitative estimate of drug-likeness (QED) is 0.663. The highest BCUT2D eigenvalue weighted by molar-refractivity contribution is 6.33. The molecule has 8 heteroatoms. The van der Waals surface area contributed by atoms with Crippen LogP contribution in [0.15, 0.2) is 36.5 Å². The van der Waals surface area contributed by atoms with Gasteiger partial charge in [0.2, 0.25) is 0 Å². The number of hydrogen-bond donors (Lipinski definition) is 0. The summed E-state index contributed by atoms with van der Waals surface area (Å²) in [4.78, 5) is 32.4. The Bertz CT molecular complexity index is 853. The zero-order valence-electron chi connectivity index (χ0n) is 17.5. The molecule has 1 aromatic heterocycles. The maximum Gasteiger partial charge on any atom is 0.358 e. The average Bonchev–Trinajstić information content (AvgIpc) is 2.77. The number of ether oxygens (including phenoxy) is 1. The molecule has 1 fully saturated rings. The van der Waals surface area contributed by atoms with Gasteiger partial charge in [0.05, 0.1) is 17.2 Å². The second-order valence-electron chi connectivity index (χ2n) is 6.47. The van der Waals surface area contributed by atoms with E-state index in [2.05, 4.69) is 9.88 Å². The number of amides is 1. The summed E-state index contributed by atoms with van der Waals surface area (Å²) < 4.78 is 17.9. The molecule has 1 aliphatic rings. The third-order valence-electron chi connectivity index (χ3n) is 4.54. The monoisotopic (exact) mass is 435 g/mol. The van der Waals surface area contributed by atoms with Crippen molar-refractivity contribution < 1.29 is 18.7 Å². The number of esters is 1. The van der Waals surface area contributed by atoms with Crippen molar-refractivity contribution in [3.05, 3.63) is 64.2 Å². The summed E-state index contributed by atoms with van der Waals surface area (Å²) in [5.41, 5.74) is 1.38. The third-order valence-corrected chi connectivity index (χ3v) is 4.82. The summed E-state index contributed by atoms with van der Waals surface area (Å²) >= 11 is 6.10. The molecule has 0 unspecified atom stereocenters. The fourth-order valence-corrected chi connectivity index (χ4v) is 3.29. The second kappa shape index (κ2) is 11.6. The molecule has 0 saturated carbocycles. The van der Waals surface area contributed by atoms with Crippen LogP contribution in [-0.2, 0) is 11.3 Å². The lowest BCUT2D eigenvalue weighted by molar-refractivity contribution is 0.0518. The minimum atomic E-state index is -0.610. The first-order chi connectivity index (χ1) is 14.5. The number of carbonyl (C=O) groups excluding carboxylic acids is 2. The largest absolute Gasteiger partial charge is 0.461 e. The number of carbonyl (C=O) groups is 2. The van der Waals surface area contributed by atoms with Crippen LogP contribution in [0.2, 0.25) is 5.02 Å². The standard InChI is InChI=1S/C20H21ClFN3O3.C2H6/c1-2-28-20(27)18-17(21)11-15(12-23-18)19(26)25-9-7-24(8-10-25)13-14-3-5-16(22)6-4-14;1-2/h3-6,11-12H,2,7-10,13H2,1H3;1-2H3. The van der Waals surface area contributed by atoms with Gasteiger partial charge in [0.25, 0.3) is 5.91 Å². The van der Waals surface area contributed by atoms with Crippen LogP contribution in [0.3, 0.4) is 0 Å². The zero-order chi connectivity index (χ0) is 22.1. The first-order valence-corrected chi connectivity index (χ1v) is 10.4. The molecule has 1 aromatic carbocycles. The van der Waals surface area contributed by atoms with Gasteiger partial charge in [-0.05, 0) is 30.7 Å². The molecule has 30 heavy (non-hydrogen) atoms. The number of piperazine rings is 1. The smallest absolute Gasteiger partial charge is 0.358 e. The molecule has 162 valence electrons. The number of nitrogens with zero attached hydrogens (tertiary/aromatic N) is 3. The van der Waals surface area contributed by atoms with Gasteiger partial charge < -0.3 is 9.64 Å². The van der Waals surface area contributed by atoms with Crippen LogP contribution < -0.4 is 0 Å². The molecule has 0 spiro atoms. The summed E-state index contributed by atoms with van der Waals surface area (Å²) in [6.45, 7) is 9.19. The number of hydrogen-bond acceptors (Lipinski definition) is 5. The molecule has 0 bridgehead atoms. The maximum absolute atomic E-state index is 13.0. The number of pyridine rings is 1. The van der Waals surface area contributed by atoms with Gasteiger partial charge in [-0.15, -0.1) is 0 Å². The molecule has 0 atom stereocenters. The Morgan fingerprint density at radius 2 is 1.77 bits per heavy atom. The number of halogens is 2. The number of benzene rings is 1. The van der Waals surface area contributed by atoms with Gasteiger partial charge in [0.1, 0.15) is 5.82 Å². The molecule has 0 N–H and O–H groups in total. The molecule has 6 nitrogen and oxygen atoms in total. The molecule has 1 amide bonds. The number of rotatable bonds is 5. The van der Waals surface area contributed by atoms with Crippen LogP contribution in [0, 0.1) is 5.82 Å². The molecule has 0 radical (unpaired) electrons. The zero-order valence-corrected chi connectivity index (χ0v) is 18.3. The van der Waals surface area contributed by atoms with E-state index >= 15 is 0 Å². The predicted octanol–water partition coefficient (Wildman–Crippen LogP) is 4.04. The minimum absolute atomic E-state index is 0.00387. The first-order valence-electron chi connectivity index (χ1n) is 10.1. The van der Waals surface area contributed by atoms with Gasteiger partial charge in [-0.2, -0.15) is 0 Å². The topological polar surface area (TPSA) is 62.7 Å². The minimum Gasteiger partial charge on any atom is -0.461 e. The van der Waals surface area contributed by atoms with Crippen molar-refractivity contribution in [1.29, 1.82) is 0 Å². The molecular weight excluding hydrogens is 409 g/mol. The highest BCUT2D eigenvalue weighted by Crippen LogP contribution is 2.18. The van der Waals surface area contributed by atoms with Crippen molar-refractivity contribution in [2.24, 2.45) is 0 Å². The molecule has 2 heterocycles. The van der Waals surface area contributed by atoms with E-state index in [0.29, 0.717) is 38.3 Å². The molecule has 1 aliphatic heterocycles. The normalized spacial score (nSPS) is 14.0. The lowest BCUT2D eigenvalue weighted by atomic mass is 10.1. The van der Waals surface area contributed by atoms with Gasteiger partial charge >= 0.3 is 5.97 Å². The molecular formula is C22H27ClFN3O3. The van der Waals surface area contributed by atoms with Crippen molar-refractivity contribution >= 4 is 23.5 Å². The van der Waals surface area contributed by atoms with E-state index in [9.17, 15) is 14.0 Å². The summed E-state index contributed by atoms with van der Waals surface area (Å²) in [5, 5.41) is 0.0965. The lowest BCUT2D eigenvalue weighted by Crippen LogP contribution is -2.48. The number of aromatic nitrogens is 1. The fraction of sp³-hybridized carbons (Fsp3) is 0.409. The van der Waals surface area contributed by atoms with E-state index in [-0.39, 0.29) is 29.0 Å². The van der Waals surface area contributed by atoms with Crippen molar-refractivity contribution in [3.8, 4) is 0 Å². The lowest BCUT2D eigenvalue weighted by Gasteiger charge is -2.34. The molecule has 3 rings (SSSR count). The Hall–Kier alpha value is -2.51. The Morgan fingerprint density at radius 1 is 1.13 bits per heavy atom. The Kier molecular flexibility index (Phi) is 9.20. The summed E-state index contributed by atoms with van der Waals surface area (Å²) in [5.74, 6) is -1.03. The third kappa shape index (κ3) is 6.24. The average molecular weight is 436 g/mol. The second-order valence-corrected chi connectivity index (χ2v) is 6.88. The van der Waals surface area contributed by atoms with E-state index in [1.54, 1.807) is 24.0 Å². The molecule has 1 saturated heterocycles. The summed E-state index contributed by atoms with van der Waals surface area (Å²) in [7, 11) is 0. The SMILES string of the molecule is CC.CCOC(=O)c1ncc(C(=O)N2CCN(Cc3ccc(F)cc3)CC2)cc1Cl. The van der Waals surface area contributed by atoms with E-state index in [0.717, 1.165) is 5.56 Å². The Morgan fingerprint density at radius 3 is 2.33 bits per heavy atom. The summed E-state index contributed by atoms with van der Waals surface area (Å²) in [6.07, 6.45) is 1.35. The van der Waals surface area contributed by atoms with E-state index < -0.39 is 5.97 Å².